The van der Waals surface area contributed by atoms with Crippen molar-refractivity contribution < 1.29 is 0 Å². The Labute approximate surface area is 109 Å². The molecule has 0 heterocycles. The molecule has 0 amide bonds. The van der Waals surface area contributed by atoms with Gasteiger partial charge in [0, 0.05) is 17.8 Å². The first-order chi connectivity index (χ1) is 8.51. The third-order valence-corrected chi connectivity index (χ3v) is 2.09. The van der Waals surface area contributed by atoms with Crippen LogP contribution in [0, 0.1) is 11.3 Å². The molecule has 0 atom stereocenters. The lowest BCUT2D eigenvalue weighted by Gasteiger charge is -2.16. The summed E-state index contributed by atoms with van der Waals surface area (Å²) in [6.07, 6.45) is 0. The van der Waals surface area contributed by atoms with E-state index in [0.29, 0.717) is 11.6 Å². The van der Waals surface area contributed by atoms with Crippen molar-refractivity contribution in [2.45, 2.75) is 39.8 Å². The van der Waals surface area contributed by atoms with E-state index in [1.165, 1.54) is 0 Å². The third-order valence-electron chi connectivity index (χ3n) is 2.09. The fourth-order valence-corrected chi connectivity index (χ4v) is 1.40. The maximum atomic E-state index is 8.74. The SMILES string of the molecule is CC(C)N=C(Nc1ccc(C#N)cc1)NC(C)C. The summed E-state index contributed by atoms with van der Waals surface area (Å²) in [5, 5.41) is 15.2. The van der Waals surface area contributed by atoms with E-state index >= 15 is 0 Å². The molecule has 0 aliphatic carbocycles. The molecule has 0 aliphatic heterocycles. The van der Waals surface area contributed by atoms with Gasteiger partial charge in [-0.3, -0.25) is 4.99 Å². The largest absolute Gasteiger partial charge is 0.354 e. The Morgan fingerprint density at radius 2 is 1.78 bits per heavy atom. The van der Waals surface area contributed by atoms with Gasteiger partial charge in [0.2, 0.25) is 0 Å². The second kappa shape index (κ2) is 6.65. The first-order valence-corrected chi connectivity index (χ1v) is 6.12. The number of rotatable bonds is 3. The van der Waals surface area contributed by atoms with Crippen molar-refractivity contribution in [2.24, 2.45) is 4.99 Å². The van der Waals surface area contributed by atoms with Crippen LogP contribution in [-0.2, 0) is 0 Å². The van der Waals surface area contributed by atoms with Gasteiger partial charge in [-0.2, -0.15) is 5.26 Å². The number of nitrogens with one attached hydrogen (secondary N) is 2. The molecule has 4 nitrogen and oxygen atoms in total. The highest BCUT2D eigenvalue weighted by Gasteiger charge is 2.03. The first-order valence-electron chi connectivity index (χ1n) is 6.12. The van der Waals surface area contributed by atoms with Crippen molar-refractivity contribution in [1.29, 1.82) is 5.26 Å². The number of hydrogen-bond acceptors (Lipinski definition) is 2. The van der Waals surface area contributed by atoms with Gasteiger partial charge in [0.15, 0.2) is 5.96 Å². The van der Waals surface area contributed by atoms with Gasteiger partial charge in [0.05, 0.1) is 11.6 Å². The molecule has 0 aromatic heterocycles. The average Bonchev–Trinajstić information content (AvgIpc) is 2.28. The fraction of sp³-hybridized carbons (Fsp3) is 0.429. The highest BCUT2D eigenvalue weighted by Crippen LogP contribution is 2.08. The summed E-state index contributed by atoms with van der Waals surface area (Å²) in [5.41, 5.74) is 1.57. The molecule has 96 valence electrons. The molecule has 1 rings (SSSR count). The zero-order chi connectivity index (χ0) is 13.5. The molecule has 0 radical (unpaired) electrons. The molecule has 0 bridgehead atoms. The number of hydrogen-bond donors (Lipinski definition) is 2. The Kier molecular flexibility index (Phi) is 5.19. The van der Waals surface area contributed by atoms with Gasteiger partial charge < -0.3 is 10.6 Å². The van der Waals surface area contributed by atoms with Gasteiger partial charge in [-0.25, -0.2) is 0 Å². The summed E-state index contributed by atoms with van der Waals surface area (Å²) in [5.74, 6) is 0.754. The van der Waals surface area contributed by atoms with Gasteiger partial charge in [0.25, 0.3) is 0 Å². The van der Waals surface area contributed by atoms with Gasteiger partial charge in [-0.15, -0.1) is 0 Å². The topological polar surface area (TPSA) is 60.2 Å². The predicted molar refractivity (Wildman–Crippen MR) is 75.6 cm³/mol. The molecule has 0 saturated heterocycles. The highest BCUT2D eigenvalue weighted by molar-refractivity contribution is 5.93. The second-order valence-corrected chi connectivity index (χ2v) is 4.68. The van der Waals surface area contributed by atoms with Crippen molar-refractivity contribution in [3.8, 4) is 6.07 Å². The Morgan fingerprint density at radius 3 is 2.22 bits per heavy atom. The van der Waals surface area contributed by atoms with Crippen molar-refractivity contribution in [2.75, 3.05) is 5.32 Å². The van der Waals surface area contributed by atoms with E-state index in [-0.39, 0.29) is 6.04 Å². The van der Waals surface area contributed by atoms with E-state index in [2.05, 4.69) is 35.5 Å². The molecule has 0 fully saturated rings. The van der Waals surface area contributed by atoms with Crippen LogP contribution >= 0.6 is 0 Å². The maximum Gasteiger partial charge on any atom is 0.196 e. The summed E-state index contributed by atoms with van der Waals surface area (Å²) in [7, 11) is 0. The van der Waals surface area contributed by atoms with Gasteiger partial charge in [-0.05, 0) is 52.0 Å². The minimum absolute atomic E-state index is 0.220. The molecule has 0 unspecified atom stereocenters. The standard InChI is InChI=1S/C14H20N4/c1-10(2)16-14(17-11(3)4)18-13-7-5-12(9-15)6-8-13/h5-8,10-11H,1-4H3,(H2,16,17,18). The van der Waals surface area contributed by atoms with Gasteiger partial charge in [-0.1, -0.05) is 0 Å². The number of benzene rings is 1. The van der Waals surface area contributed by atoms with Crippen molar-refractivity contribution in [3.63, 3.8) is 0 Å². The van der Waals surface area contributed by atoms with E-state index in [1.807, 2.05) is 26.0 Å². The normalized spacial score (nSPS) is 11.5. The Balaban J connectivity index is 2.79. The Bertz CT molecular complexity index is 438. The first kappa shape index (κ1) is 14.0. The van der Waals surface area contributed by atoms with Crippen LogP contribution in [0.15, 0.2) is 29.3 Å². The lowest BCUT2D eigenvalue weighted by molar-refractivity contribution is 0.717. The van der Waals surface area contributed by atoms with E-state index in [1.54, 1.807) is 12.1 Å². The summed E-state index contributed by atoms with van der Waals surface area (Å²) < 4.78 is 0. The van der Waals surface area contributed by atoms with E-state index in [0.717, 1.165) is 11.6 Å². The maximum absolute atomic E-state index is 8.74. The van der Waals surface area contributed by atoms with Crippen molar-refractivity contribution in [1.82, 2.24) is 5.32 Å². The molecule has 4 heteroatoms. The molecule has 0 spiro atoms. The van der Waals surface area contributed by atoms with Crippen LogP contribution in [0.3, 0.4) is 0 Å². The molecule has 18 heavy (non-hydrogen) atoms. The monoisotopic (exact) mass is 244 g/mol. The van der Waals surface area contributed by atoms with Crippen LogP contribution < -0.4 is 10.6 Å². The smallest absolute Gasteiger partial charge is 0.196 e. The summed E-state index contributed by atoms with van der Waals surface area (Å²) in [6, 6.07) is 9.94. The predicted octanol–water partition coefficient (Wildman–Crippen LogP) is 2.73. The van der Waals surface area contributed by atoms with E-state index < -0.39 is 0 Å². The van der Waals surface area contributed by atoms with Crippen LogP contribution in [0.1, 0.15) is 33.3 Å². The zero-order valence-electron chi connectivity index (χ0n) is 11.4. The van der Waals surface area contributed by atoms with Gasteiger partial charge in [0.1, 0.15) is 0 Å². The van der Waals surface area contributed by atoms with Crippen LogP contribution in [0.25, 0.3) is 0 Å². The Hall–Kier alpha value is -2.02. The van der Waals surface area contributed by atoms with Crippen LogP contribution in [0.2, 0.25) is 0 Å². The van der Waals surface area contributed by atoms with E-state index in [9.17, 15) is 0 Å². The van der Waals surface area contributed by atoms with Gasteiger partial charge >= 0.3 is 0 Å². The summed E-state index contributed by atoms with van der Waals surface area (Å²) >= 11 is 0. The average molecular weight is 244 g/mol. The number of anilines is 1. The minimum atomic E-state index is 0.220. The lowest BCUT2D eigenvalue weighted by Crippen LogP contribution is -2.36. The van der Waals surface area contributed by atoms with Crippen LogP contribution in [0.4, 0.5) is 5.69 Å². The molecule has 0 aliphatic rings. The minimum Gasteiger partial charge on any atom is -0.354 e. The van der Waals surface area contributed by atoms with Crippen molar-refractivity contribution >= 4 is 11.6 Å². The fourth-order valence-electron chi connectivity index (χ4n) is 1.40. The molecule has 0 saturated carbocycles. The van der Waals surface area contributed by atoms with E-state index in [4.69, 9.17) is 5.26 Å². The number of aliphatic imine (C=N–C) groups is 1. The zero-order valence-corrected chi connectivity index (χ0v) is 11.4. The second-order valence-electron chi connectivity index (χ2n) is 4.68. The van der Waals surface area contributed by atoms with Crippen molar-refractivity contribution in [3.05, 3.63) is 29.8 Å². The molecule has 1 aromatic rings. The lowest BCUT2D eigenvalue weighted by atomic mass is 10.2. The summed E-state index contributed by atoms with van der Waals surface area (Å²) in [6.45, 7) is 8.19. The molecule has 2 N–H and O–H groups in total. The quantitative estimate of drug-likeness (QED) is 0.635. The van der Waals surface area contributed by atoms with Crippen LogP contribution in [-0.4, -0.2) is 18.0 Å². The molecular weight excluding hydrogens is 224 g/mol. The molecule has 1 aromatic carbocycles. The number of nitrogens with zero attached hydrogens (tertiary/aromatic N) is 2. The highest BCUT2D eigenvalue weighted by atomic mass is 15.2. The third kappa shape index (κ3) is 4.88. The Morgan fingerprint density at radius 1 is 1.17 bits per heavy atom. The van der Waals surface area contributed by atoms with Crippen LogP contribution in [0.5, 0.6) is 0 Å². The molecular formula is C14H20N4. The summed E-state index contributed by atoms with van der Waals surface area (Å²) in [4.78, 5) is 4.48. The number of nitriles is 1. The number of guanidine groups is 1.